The molecular weight excluding hydrogens is 294 g/mol. The fraction of sp³-hybridized carbons (Fsp3) is 0.333. The monoisotopic (exact) mass is 305 g/mol. The molecule has 0 unspecified atom stereocenters. The van der Waals surface area contributed by atoms with Crippen molar-refractivity contribution in [1.29, 1.82) is 0 Å². The first-order valence-electron chi connectivity index (χ1n) is 6.69. The normalized spacial score (nSPS) is 36.7. The van der Waals surface area contributed by atoms with Crippen molar-refractivity contribution in [2.24, 2.45) is 11.8 Å². The van der Waals surface area contributed by atoms with Gasteiger partial charge in [0.05, 0.1) is 30.2 Å². The number of hydrogen-bond acceptors (Lipinski definition) is 4. The second-order valence-corrected chi connectivity index (χ2v) is 5.98. The van der Waals surface area contributed by atoms with Gasteiger partial charge in [0.2, 0.25) is 11.8 Å². The van der Waals surface area contributed by atoms with Gasteiger partial charge in [0.15, 0.2) is 0 Å². The number of benzene rings is 1. The average Bonchev–Trinajstić information content (AvgIpc) is 3.12. The lowest BCUT2D eigenvalue weighted by molar-refractivity contribution is -0.128. The molecule has 4 rings (SSSR count). The van der Waals surface area contributed by atoms with E-state index in [2.05, 4.69) is 0 Å². The van der Waals surface area contributed by atoms with E-state index < -0.39 is 23.5 Å². The van der Waals surface area contributed by atoms with Crippen LogP contribution in [0.5, 0.6) is 0 Å². The molecule has 3 heterocycles. The van der Waals surface area contributed by atoms with Crippen LogP contribution < -0.4 is 4.90 Å². The van der Waals surface area contributed by atoms with Crippen LogP contribution in [0.15, 0.2) is 36.4 Å². The molecule has 2 bridgehead atoms. The van der Waals surface area contributed by atoms with Crippen molar-refractivity contribution in [3.63, 3.8) is 0 Å². The Bertz CT molecular complexity index is 671. The first-order valence-corrected chi connectivity index (χ1v) is 7.07. The number of amides is 2. The van der Waals surface area contributed by atoms with Crippen molar-refractivity contribution in [3.8, 4) is 0 Å². The molecule has 0 radical (unpaired) electrons. The summed E-state index contributed by atoms with van der Waals surface area (Å²) in [6, 6.07) is 6.55. The third-order valence-electron chi connectivity index (χ3n) is 4.49. The molecule has 0 aliphatic carbocycles. The lowest BCUT2D eigenvalue weighted by Crippen LogP contribution is -2.43. The molecular formula is C15H12ClNO4. The number of anilines is 1. The summed E-state index contributed by atoms with van der Waals surface area (Å²) >= 11 is 5.84. The number of nitrogens with zero attached hydrogens (tertiary/aromatic N) is 1. The Morgan fingerprint density at radius 3 is 2.62 bits per heavy atom. The number of imide groups is 1. The molecule has 2 fully saturated rings. The summed E-state index contributed by atoms with van der Waals surface area (Å²) in [5.41, 5.74) is -0.556. The number of fused-ring (bicyclic) bond motifs is 5. The largest absolute Gasteiger partial charge is 0.393 e. The fourth-order valence-corrected chi connectivity index (χ4v) is 3.65. The lowest BCUT2D eigenvalue weighted by Gasteiger charge is -2.26. The Morgan fingerprint density at radius 2 is 1.95 bits per heavy atom. The molecule has 108 valence electrons. The first kappa shape index (κ1) is 13.0. The molecule has 2 saturated heterocycles. The van der Waals surface area contributed by atoms with Gasteiger partial charge in [-0.25, -0.2) is 4.90 Å². The van der Waals surface area contributed by atoms with Crippen molar-refractivity contribution in [1.82, 2.24) is 0 Å². The van der Waals surface area contributed by atoms with E-state index in [9.17, 15) is 14.7 Å². The number of aliphatic hydroxyl groups is 1. The maximum Gasteiger partial charge on any atom is 0.241 e. The van der Waals surface area contributed by atoms with Gasteiger partial charge in [-0.3, -0.25) is 9.59 Å². The minimum Gasteiger partial charge on any atom is -0.393 e. The van der Waals surface area contributed by atoms with E-state index in [0.29, 0.717) is 10.7 Å². The highest BCUT2D eigenvalue weighted by atomic mass is 35.5. The van der Waals surface area contributed by atoms with Crippen molar-refractivity contribution >= 4 is 29.1 Å². The Labute approximate surface area is 125 Å². The summed E-state index contributed by atoms with van der Waals surface area (Å²) in [5, 5.41) is 10.1. The van der Waals surface area contributed by atoms with Gasteiger partial charge in [-0.05, 0) is 24.3 Å². The van der Waals surface area contributed by atoms with Crippen LogP contribution in [0.2, 0.25) is 5.02 Å². The number of carbonyl (C=O) groups excluding carboxylic acids is 2. The average molecular weight is 306 g/mol. The molecule has 5 nitrogen and oxygen atoms in total. The van der Waals surface area contributed by atoms with E-state index in [0.717, 1.165) is 0 Å². The molecule has 0 spiro atoms. The SMILES string of the molecule is O=C1[C@H]2[C@@H](C(=O)N1c1ccc(Cl)cc1)[C@]1(CO)C=C[C@H]2O1. The molecule has 1 N–H and O–H groups in total. The molecule has 4 atom stereocenters. The van der Waals surface area contributed by atoms with E-state index in [1.807, 2.05) is 0 Å². The van der Waals surface area contributed by atoms with Crippen LogP contribution in [-0.4, -0.2) is 35.2 Å². The van der Waals surface area contributed by atoms with Crippen LogP contribution in [0.3, 0.4) is 0 Å². The Morgan fingerprint density at radius 1 is 1.24 bits per heavy atom. The number of halogens is 1. The molecule has 3 aliphatic heterocycles. The van der Waals surface area contributed by atoms with Gasteiger partial charge < -0.3 is 9.84 Å². The Kier molecular flexibility index (Phi) is 2.58. The first-order chi connectivity index (χ1) is 10.1. The van der Waals surface area contributed by atoms with Crippen molar-refractivity contribution in [2.45, 2.75) is 11.7 Å². The Hall–Kier alpha value is -1.69. The summed E-state index contributed by atoms with van der Waals surface area (Å²) in [6.07, 6.45) is 3.03. The summed E-state index contributed by atoms with van der Waals surface area (Å²) in [6.45, 7) is -0.311. The highest BCUT2D eigenvalue weighted by Crippen LogP contribution is 2.52. The zero-order valence-corrected chi connectivity index (χ0v) is 11.7. The minimum atomic E-state index is -1.05. The highest BCUT2D eigenvalue weighted by molar-refractivity contribution is 6.31. The second-order valence-electron chi connectivity index (χ2n) is 5.55. The zero-order valence-electron chi connectivity index (χ0n) is 10.9. The third-order valence-corrected chi connectivity index (χ3v) is 4.74. The van der Waals surface area contributed by atoms with Gasteiger partial charge in [-0.2, -0.15) is 0 Å². The van der Waals surface area contributed by atoms with Gasteiger partial charge in [0.25, 0.3) is 0 Å². The summed E-state index contributed by atoms with van der Waals surface area (Å²) in [4.78, 5) is 26.5. The summed E-state index contributed by atoms with van der Waals surface area (Å²) in [7, 11) is 0. The van der Waals surface area contributed by atoms with Gasteiger partial charge in [0.1, 0.15) is 5.60 Å². The van der Waals surface area contributed by atoms with Crippen LogP contribution >= 0.6 is 11.6 Å². The maximum absolute atomic E-state index is 12.7. The maximum atomic E-state index is 12.7. The number of carbonyl (C=O) groups is 2. The van der Waals surface area contributed by atoms with Crippen LogP contribution in [0.1, 0.15) is 0 Å². The molecule has 2 amide bonds. The van der Waals surface area contributed by atoms with Crippen LogP contribution in [-0.2, 0) is 14.3 Å². The third kappa shape index (κ3) is 1.54. The molecule has 0 saturated carbocycles. The number of aliphatic hydroxyl groups excluding tert-OH is 1. The van der Waals surface area contributed by atoms with E-state index >= 15 is 0 Å². The highest BCUT2D eigenvalue weighted by Gasteiger charge is 2.67. The molecule has 6 heteroatoms. The van der Waals surface area contributed by atoms with Gasteiger partial charge in [-0.1, -0.05) is 23.8 Å². The number of ether oxygens (including phenoxy) is 1. The van der Waals surface area contributed by atoms with Crippen molar-refractivity contribution < 1.29 is 19.4 Å². The van der Waals surface area contributed by atoms with Crippen molar-refractivity contribution in [3.05, 3.63) is 41.4 Å². The van der Waals surface area contributed by atoms with E-state index in [1.54, 1.807) is 36.4 Å². The topological polar surface area (TPSA) is 66.8 Å². The predicted octanol–water partition coefficient (Wildman–Crippen LogP) is 1.15. The smallest absolute Gasteiger partial charge is 0.241 e. The second kappa shape index (κ2) is 4.16. The van der Waals surface area contributed by atoms with Crippen LogP contribution in [0.25, 0.3) is 0 Å². The molecule has 3 aliphatic rings. The quantitative estimate of drug-likeness (QED) is 0.657. The van der Waals surface area contributed by atoms with Crippen LogP contribution in [0.4, 0.5) is 5.69 Å². The Balaban J connectivity index is 1.77. The zero-order chi connectivity index (χ0) is 14.8. The molecule has 1 aromatic rings. The van der Waals surface area contributed by atoms with E-state index in [4.69, 9.17) is 16.3 Å². The molecule has 0 aromatic heterocycles. The summed E-state index contributed by atoms with van der Waals surface area (Å²) in [5.74, 6) is -1.81. The van der Waals surface area contributed by atoms with Crippen molar-refractivity contribution in [2.75, 3.05) is 11.5 Å². The van der Waals surface area contributed by atoms with E-state index in [1.165, 1.54) is 4.90 Å². The minimum absolute atomic E-state index is 0.281. The molecule has 1 aromatic carbocycles. The molecule has 21 heavy (non-hydrogen) atoms. The number of rotatable bonds is 2. The number of hydrogen-bond donors (Lipinski definition) is 1. The van der Waals surface area contributed by atoms with Gasteiger partial charge in [0, 0.05) is 5.02 Å². The van der Waals surface area contributed by atoms with Gasteiger partial charge >= 0.3 is 0 Å². The summed E-state index contributed by atoms with van der Waals surface area (Å²) < 4.78 is 5.67. The van der Waals surface area contributed by atoms with Gasteiger partial charge in [-0.15, -0.1) is 0 Å². The van der Waals surface area contributed by atoms with Crippen LogP contribution in [0, 0.1) is 11.8 Å². The fourth-order valence-electron chi connectivity index (χ4n) is 3.53. The van der Waals surface area contributed by atoms with E-state index in [-0.39, 0.29) is 18.4 Å². The predicted molar refractivity (Wildman–Crippen MR) is 74.8 cm³/mol. The lowest BCUT2D eigenvalue weighted by atomic mass is 9.77. The standard InChI is InChI=1S/C15H12ClNO4/c16-8-1-3-9(4-2-8)17-13(19)11-10-5-6-15(7-18,21-10)12(11)14(17)20/h1-6,10-12,18H,7H2/t10-,11-,12+,15-/m1/s1.